The molecule has 1 heterocycles. The van der Waals surface area contributed by atoms with Crippen molar-refractivity contribution in [3.05, 3.63) is 18.3 Å². The standard InChI is InChI=1S/C13H21N3O3/c1-10(8-14-2)13(17)16-11-4-5-12(15-9-11)19-7-6-18-3/h4-5,9-10,14H,6-8H2,1-3H3,(H,16,17). The minimum absolute atomic E-state index is 0.0378. The Bertz CT molecular complexity index is 381. The Labute approximate surface area is 113 Å². The number of nitrogens with one attached hydrogen (secondary N) is 2. The van der Waals surface area contributed by atoms with Gasteiger partial charge in [-0.05, 0) is 13.1 Å². The Morgan fingerprint density at radius 1 is 1.42 bits per heavy atom. The van der Waals surface area contributed by atoms with Crippen LogP contribution in [0.4, 0.5) is 5.69 Å². The van der Waals surface area contributed by atoms with E-state index in [2.05, 4.69) is 15.6 Å². The first-order chi connectivity index (χ1) is 9.17. The molecule has 1 amide bonds. The van der Waals surface area contributed by atoms with Crippen LogP contribution in [0.2, 0.25) is 0 Å². The molecule has 0 saturated heterocycles. The minimum Gasteiger partial charge on any atom is -0.475 e. The number of aromatic nitrogens is 1. The van der Waals surface area contributed by atoms with Crippen LogP contribution in [-0.4, -0.2) is 44.8 Å². The highest BCUT2D eigenvalue weighted by Gasteiger charge is 2.11. The zero-order chi connectivity index (χ0) is 14.1. The van der Waals surface area contributed by atoms with Crippen molar-refractivity contribution in [1.29, 1.82) is 0 Å². The molecule has 1 aromatic rings. The summed E-state index contributed by atoms with van der Waals surface area (Å²) in [6, 6.07) is 3.48. The van der Waals surface area contributed by atoms with Gasteiger partial charge in [-0.15, -0.1) is 0 Å². The van der Waals surface area contributed by atoms with Gasteiger partial charge in [-0.3, -0.25) is 4.79 Å². The van der Waals surface area contributed by atoms with Gasteiger partial charge < -0.3 is 20.1 Å². The summed E-state index contributed by atoms with van der Waals surface area (Å²) in [5.74, 6) is 0.380. The lowest BCUT2D eigenvalue weighted by molar-refractivity contribution is -0.119. The third-order valence-electron chi connectivity index (χ3n) is 2.50. The number of amides is 1. The first kappa shape index (κ1) is 15.4. The maximum Gasteiger partial charge on any atom is 0.228 e. The number of rotatable bonds is 8. The van der Waals surface area contributed by atoms with Crippen LogP contribution >= 0.6 is 0 Å². The van der Waals surface area contributed by atoms with E-state index in [1.165, 1.54) is 0 Å². The lowest BCUT2D eigenvalue weighted by atomic mass is 10.1. The number of methoxy groups -OCH3 is 1. The monoisotopic (exact) mass is 267 g/mol. The first-order valence-electron chi connectivity index (χ1n) is 6.20. The van der Waals surface area contributed by atoms with E-state index in [0.29, 0.717) is 31.3 Å². The van der Waals surface area contributed by atoms with Crippen molar-refractivity contribution in [2.24, 2.45) is 5.92 Å². The van der Waals surface area contributed by atoms with E-state index in [1.807, 2.05) is 14.0 Å². The summed E-state index contributed by atoms with van der Waals surface area (Å²) in [5.41, 5.74) is 0.659. The topological polar surface area (TPSA) is 72.5 Å². The fourth-order valence-electron chi connectivity index (χ4n) is 1.43. The summed E-state index contributed by atoms with van der Waals surface area (Å²) in [4.78, 5) is 15.9. The number of carbonyl (C=O) groups is 1. The van der Waals surface area contributed by atoms with Crippen LogP contribution in [0.1, 0.15) is 6.92 Å². The second-order valence-electron chi connectivity index (χ2n) is 4.17. The predicted octanol–water partition coefficient (Wildman–Crippen LogP) is 0.901. The molecular weight excluding hydrogens is 246 g/mol. The third-order valence-corrected chi connectivity index (χ3v) is 2.50. The van der Waals surface area contributed by atoms with E-state index in [0.717, 1.165) is 0 Å². The Kier molecular flexibility index (Phi) is 6.84. The maximum atomic E-state index is 11.8. The lowest BCUT2D eigenvalue weighted by Gasteiger charge is -2.11. The number of carbonyl (C=O) groups excluding carboxylic acids is 1. The molecule has 19 heavy (non-hydrogen) atoms. The van der Waals surface area contributed by atoms with Crippen LogP contribution in [0, 0.1) is 5.92 Å². The molecule has 1 unspecified atom stereocenters. The van der Waals surface area contributed by atoms with Crippen LogP contribution in [-0.2, 0) is 9.53 Å². The number of hydrogen-bond acceptors (Lipinski definition) is 5. The smallest absolute Gasteiger partial charge is 0.228 e. The molecule has 106 valence electrons. The molecule has 0 aliphatic carbocycles. The summed E-state index contributed by atoms with van der Waals surface area (Å²) in [6.45, 7) is 3.47. The van der Waals surface area contributed by atoms with Gasteiger partial charge in [0, 0.05) is 25.6 Å². The Hall–Kier alpha value is -1.66. The van der Waals surface area contributed by atoms with Crippen LogP contribution in [0.3, 0.4) is 0 Å². The van der Waals surface area contributed by atoms with E-state index in [1.54, 1.807) is 25.4 Å². The number of hydrogen-bond donors (Lipinski definition) is 2. The highest BCUT2D eigenvalue weighted by atomic mass is 16.5. The van der Waals surface area contributed by atoms with Crippen LogP contribution in [0.15, 0.2) is 18.3 Å². The van der Waals surface area contributed by atoms with Gasteiger partial charge in [0.1, 0.15) is 6.61 Å². The molecule has 0 aromatic carbocycles. The van der Waals surface area contributed by atoms with Crippen LogP contribution in [0.25, 0.3) is 0 Å². The fraction of sp³-hybridized carbons (Fsp3) is 0.538. The number of ether oxygens (including phenoxy) is 2. The molecule has 6 heteroatoms. The highest BCUT2D eigenvalue weighted by Crippen LogP contribution is 2.12. The molecule has 1 rings (SSSR count). The van der Waals surface area contributed by atoms with Gasteiger partial charge in [-0.2, -0.15) is 0 Å². The Balaban J connectivity index is 2.45. The molecule has 1 atom stereocenters. The van der Waals surface area contributed by atoms with Crippen molar-refractivity contribution >= 4 is 11.6 Å². The number of pyridine rings is 1. The molecule has 0 radical (unpaired) electrons. The first-order valence-corrected chi connectivity index (χ1v) is 6.20. The van der Waals surface area contributed by atoms with Crippen molar-refractivity contribution in [3.63, 3.8) is 0 Å². The van der Waals surface area contributed by atoms with Gasteiger partial charge in [-0.1, -0.05) is 6.92 Å². The van der Waals surface area contributed by atoms with E-state index in [9.17, 15) is 4.79 Å². The quantitative estimate of drug-likeness (QED) is 0.685. The SMILES string of the molecule is CNCC(C)C(=O)Nc1ccc(OCCOC)nc1. The van der Waals surface area contributed by atoms with E-state index < -0.39 is 0 Å². The molecule has 0 bridgehead atoms. The van der Waals surface area contributed by atoms with Gasteiger partial charge >= 0.3 is 0 Å². The average molecular weight is 267 g/mol. The van der Waals surface area contributed by atoms with Gasteiger partial charge in [0.25, 0.3) is 0 Å². The average Bonchev–Trinajstić information content (AvgIpc) is 2.41. The van der Waals surface area contributed by atoms with E-state index >= 15 is 0 Å². The molecule has 2 N–H and O–H groups in total. The van der Waals surface area contributed by atoms with Crippen molar-refractivity contribution in [1.82, 2.24) is 10.3 Å². The van der Waals surface area contributed by atoms with Gasteiger partial charge in [0.2, 0.25) is 11.8 Å². The molecule has 0 fully saturated rings. The highest BCUT2D eigenvalue weighted by molar-refractivity contribution is 5.92. The van der Waals surface area contributed by atoms with Gasteiger partial charge in [-0.25, -0.2) is 4.98 Å². The van der Waals surface area contributed by atoms with Gasteiger partial charge in [0.05, 0.1) is 18.5 Å². The molecule has 1 aromatic heterocycles. The van der Waals surface area contributed by atoms with E-state index in [4.69, 9.17) is 9.47 Å². The second kappa shape index (κ2) is 8.44. The third kappa shape index (κ3) is 5.67. The zero-order valence-electron chi connectivity index (χ0n) is 11.6. The van der Waals surface area contributed by atoms with Crippen molar-refractivity contribution in [3.8, 4) is 5.88 Å². The minimum atomic E-state index is -0.0948. The second-order valence-corrected chi connectivity index (χ2v) is 4.17. The van der Waals surface area contributed by atoms with Gasteiger partial charge in [0.15, 0.2) is 0 Å². The summed E-state index contributed by atoms with van der Waals surface area (Å²) in [7, 11) is 3.43. The van der Waals surface area contributed by atoms with Crippen molar-refractivity contribution < 1.29 is 14.3 Å². The Morgan fingerprint density at radius 2 is 2.21 bits per heavy atom. The van der Waals surface area contributed by atoms with Crippen molar-refractivity contribution in [2.75, 3.05) is 39.2 Å². The molecule has 6 nitrogen and oxygen atoms in total. The molecular formula is C13H21N3O3. The van der Waals surface area contributed by atoms with Crippen LogP contribution in [0.5, 0.6) is 5.88 Å². The zero-order valence-corrected chi connectivity index (χ0v) is 11.6. The lowest BCUT2D eigenvalue weighted by Crippen LogP contribution is -2.28. The number of nitrogens with zero attached hydrogens (tertiary/aromatic N) is 1. The molecule has 0 aliphatic heterocycles. The Morgan fingerprint density at radius 3 is 2.79 bits per heavy atom. The predicted molar refractivity (Wildman–Crippen MR) is 73.3 cm³/mol. The van der Waals surface area contributed by atoms with Crippen LogP contribution < -0.4 is 15.4 Å². The summed E-state index contributed by atoms with van der Waals surface area (Å²) >= 11 is 0. The maximum absolute atomic E-state index is 11.8. The normalized spacial score (nSPS) is 11.9. The van der Waals surface area contributed by atoms with E-state index in [-0.39, 0.29) is 11.8 Å². The summed E-state index contributed by atoms with van der Waals surface area (Å²) in [6.07, 6.45) is 1.58. The van der Waals surface area contributed by atoms with Crippen molar-refractivity contribution in [2.45, 2.75) is 6.92 Å². The number of anilines is 1. The molecule has 0 saturated carbocycles. The summed E-state index contributed by atoms with van der Waals surface area (Å²) < 4.78 is 10.2. The largest absolute Gasteiger partial charge is 0.475 e. The molecule has 0 aliphatic rings. The molecule has 0 spiro atoms. The fourth-order valence-corrected chi connectivity index (χ4v) is 1.43. The summed E-state index contributed by atoms with van der Waals surface area (Å²) in [5, 5.41) is 5.76.